The van der Waals surface area contributed by atoms with Crippen molar-refractivity contribution in [3.8, 4) is 11.5 Å². The Kier molecular flexibility index (Phi) is 4.25. The molecule has 2 N–H and O–H groups in total. The number of amides is 1. The lowest BCUT2D eigenvalue weighted by Crippen LogP contribution is -2.17. The molecule has 0 unspecified atom stereocenters. The zero-order valence-electron chi connectivity index (χ0n) is 12.4. The molecule has 1 aliphatic heterocycles. The van der Waals surface area contributed by atoms with Crippen LogP contribution in [0.1, 0.15) is 22.8 Å². The molecule has 1 aliphatic rings. The summed E-state index contributed by atoms with van der Waals surface area (Å²) in [5.41, 5.74) is 2.32. The molecule has 0 saturated carbocycles. The molecule has 0 fully saturated rings. The summed E-state index contributed by atoms with van der Waals surface area (Å²) in [6.07, 6.45) is 0. The summed E-state index contributed by atoms with van der Waals surface area (Å²) in [7, 11) is 0. The number of benzene rings is 2. The predicted molar refractivity (Wildman–Crippen MR) is 84.3 cm³/mol. The van der Waals surface area contributed by atoms with Gasteiger partial charge < -0.3 is 20.1 Å². The smallest absolute Gasteiger partial charge is 0.259 e. The van der Waals surface area contributed by atoms with Crippen molar-refractivity contribution in [2.75, 3.05) is 18.7 Å². The van der Waals surface area contributed by atoms with Crippen molar-refractivity contribution in [1.29, 1.82) is 0 Å². The van der Waals surface area contributed by atoms with Crippen LogP contribution in [0.15, 0.2) is 42.5 Å². The van der Waals surface area contributed by atoms with Gasteiger partial charge in [-0.05, 0) is 30.3 Å². The van der Waals surface area contributed by atoms with Gasteiger partial charge in [0.25, 0.3) is 5.91 Å². The molecule has 0 atom stereocenters. The van der Waals surface area contributed by atoms with Gasteiger partial charge in [0, 0.05) is 12.2 Å². The lowest BCUT2D eigenvalue weighted by molar-refractivity contribution is 0.102. The van der Waals surface area contributed by atoms with Crippen LogP contribution in [0.4, 0.5) is 5.69 Å². The molecular weight excluding hydrogens is 280 g/mol. The van der Waals surface area contributed by atoms with Crippen LogP contribution in [0.5, 0.6) is 11.5 Å². The van der Waals surface area contributed by atoms with Gasteiger partial charge in [-0.3, -0.25) is 4.79 Å². The van der Waals surface area contributed by atoms with Gasteiger partial charge in [0.2, 0.25) is 6.79 Å². The van der Waals surface area contributed by atoms with E-state index in [9.17, 15) is 4.79 Å². The van der Waals surface area contributed by atoms with Crippen LogP contribution in [0.25, 0.3) is 0 Å². The fourth-order valence-corrected chi connectivity index (χ4v) is 2.35. The molecule has 2 aromatic carbocycles. The molecule has 0 saturated heterocycles. The first-order valence-electron chi connectivity index (χ1n) is 7.28. The third-order valence-corrected chi connectivity index (χ3v) is 3.47. The van der Waals surface area contributed by atoms with Gasteiger partial charge in [-0.2, -0.15) is 0 Å². The third kappa shape index (κ3) is 2.89. The topological polar surface area (TPSA) is 59.6 Å². The first kappa shape index (κ1) is 14.4. The summed E-state index contributed by atoms with van der Waals surface area (Å²) >= 11 is 0. The van der Waals surface area contributed by atoms with Crippen molar-refractivity contribution >= 4 is 11.6 Å². The molecule has 0 aliphatic carbocycles. The summed E-state index contributed by atoms with van der Waals surface area (Å²) in [5.74, 6) is 0.907. The molecule has 2 aromatic rings. The van der Waals surface area contributed by atoms with Crippen LogP contribution >= 0.6 is 0 Å². The maximum absolute atomic E-state index is 12.5. The number of carbonyl (C=O) groups excluding carboxylic acids is 1. The number of fused-ring (bicyclic) bond motifs is 1. The maximum Gasteiger partial charge on any atom is 0.259 e. The van der Waals surface area contributed by atoms with E-state index in [0.29, 0.717) is 23.6 Å². The lowest BCUT2D eigenvalue weighted by atomic mass is 10.1. The highest BCUT2D eigenvalue weighted by Gasteiger charge is 2.22. The standard InChI is InChI=1S/C17H18N2O3/c1-2-18-10-12-6-3-4-8-14(12)19-17(20)13-7-5-9-15-16(13)22-11-21-15/h3-9,18H,2,10-11H2,1H3,(H,19,20). The van der Waals surface area contributed by atoms with Gasteiger partial charge in [-0.25, -0.2) is 0 Å². The van der Waals surface area contributed by atoms with E-state index in [2.05, 4.69) is 10.6 Å². The molecule has 5 heteroatoms. The monoisotopic (exact) mass is 298 g/mol. The van der Waals surface area contributed by atoms with Crippen molar-refractivity contribution in [3.63, 3.8) is 0 Å². The number of carbonyl (C=O) groups is 1. The van der Waals surface area contributed by atoms with E-state index in [1.54, 1.807) is 18.2 Å². The minimum absolute atomic E-state index is 0.149. The first-order chi connectivity index (χ1) is 10.8. The molecule has 0 radical (unpaired) electrons. The summed E-state index contributed by atoms with van der Waals surface area (Å²) in [4.78, 5) is 12.5. The van der Waals surface area contributed by atoms with Crippen molar-refractivity contribution in [2.45, 2.75) is 13.5 Å². The van der Waals surface area contributed by atoms with Gasteiger partial charge >= 0.3 is 0 Å². The molecule has 3 rings (SSSR count). The fourth-order valence-electron chi connectivity index (χ4n) is 2.35. The Morgan fingerprint density at radius 1 is 1.14 bits per heavy atom. The Labute approximate surface area is 129 Å². The Hall–Kier alpha value is -2.53. The van der Waals surface area contributed by atoms with E-state index < -0.39 is 0 Å². The van der Waals surface area contributed by atoms with E-state index in [1.165, 1.54) is 0 Å². The lowest BCUT2D eigenvalue weighted by Gasteiger charge is -2.12. The second-order valence-corrected chi connectivity index (χ2v) is 4.93. The summed E-state index contributed by atoms with van der Waals surface area (Å²) in [6.45, 7) is 3.78. The van der Waals surface area contributed by atoms with Crippen molar-refractivity contribution in [1.82, 2.24) is 5.32 Å². The molecule has 22 heavy (non-hydrogen) atoms. The van der Waals surface area contributed by atoms with Crippen LogP contribution in [-0.2, 0) is 6.54 Å². The van der Waals surface area contributed by atoms with E-state index in [4.69, 9.17) is 9.47 Å². The van der Waals surface area contributed by atoms with E-state index >= 15 is 0 Å². The Bertz CT molecular complexity index is 685. The van der Waals surface area contributed by atoms with E-state index in [0.717, 1.165) is 17.8 Å². The van der Waals surface area contributed by atoms with Crippen molar-refractivity contribution in [2.24, 2.45) is 0 Å². The van der Waals surface area contributed by atoms with Crippen LogP contribution in [0.2, 0.25) is 0 Å². The number of para-hydroxylation sites is 2. The van der Waals surface area contributed by atoms with Gasteiger partial charge in [-0.15, -0.1) is 0 Å². The van der Waals surface area contributed by atoms with Crippen LogP contribution in [0, 0.1) is 0 Å². The number of hydrogen-bond acceptors (Lipinski definition) is 4. The third-order valence-electron chi connectivity index (χ3n) is 3.47. The maximum atomic E-state index is 12.5. The quantitative estimate of drug-likeness (QED) is 0.891. The van der Waals surface area contributed by atoms with Crippen LogP contribution in [-0.4, -0.2) is 19.2 Å². The zero-order valence-corrected chi connectivity index (χ0v) is 12.4. The molecule has 114 valence electrons. The molecule has 0 spiro atoms. The highest BCUT2D eigenvalue weighted by atomic mass is 16.7. The molecule has 1 amide bonds. The number of anilines is 1. The predicted octanol–water partition coefficient (Wildman–Crippen LogP) is 2.78. The van der Waals surface area contributed by atoms with E-state index in [-0.39, 0.29) is 12.7 Å². The number of rotatable bonds is 5. The van der Waals surface area contributed by atoms with Crippen molar-refractivity contribution < 1.29 is 14.3 Å². The molecule has 0 bridgehead atoms. The summed E-state index contributed by atoms with van der Waals surface area (Å²) < 4.78 is 10.7. The molecule has 1 heterocycles. The Morgan fingerprint density at radius 2 is 2.00 bits per heavy atom. The Morgan fingerprint density at radius 3 is 2.86 bits per heavy atom. The van der Waals surface area contributed by atoms with Gasteiger partial charge in [0.1, 0.15) is 0 Å². The van der Waals surface area contributed by atoms with Gasteiger partial charge in [0.15, 0.2) is 11.5 Å². The van der Waals surface area contributed by atoms with Gasteiger partial charge in [0.05, 0.1) is 5.56 Å². The average Bonchev–Trinajstić information content (AvgIpc) is 3.02. The largest absolute Gasteiger partial charge is 0.454 e. The summed E-state index contributed by atoms with van der Waals surface area (Å²) in [6, 6.07) is 13.1. The molecular formula is C17H18N2O3. The van der Waals surface area contributed by atoms with Gasteiger partial charge in [-0.1, -0.05) is 31.2 Å². The number of nitrogens with one attached hydrogen (secondary N) is 2. The second-order valence-electron chi connectivity index (χ2n) is 4.93. The average molecular weight is 298 g/mol. The second kappa shape index (κ2) is 6.49. The number of hydrogen-bond donors (Lipinski definition) is 2. The van der Waals surface area contributed by atoms with Crippen LogP contribution in [0.3, 0.4) is 0 Å². The fraction of sp³-hybridized carbons (Fsp3) is 0.235. The molecule has 5 nitrogen and oxygen atoms in total. The highest BCUT2D eigenvalue weighted by Crippen LogP contribution is 2.35. The SMILES string of the molecule is CCNCc1ccccc1NC(=O)c1cccc2c1OCO2. The van der Waals surface area contributed by atoms with Crippen LogP contribution < -0.4 is 20.1 Å². The highest BCUT2D eigenvalue weighted by molar-refractivity contribution is 6.07. The zero-order chi connectivity index (χ0) is 15.4. The molecule has 0 aromatic heterocycles. The van der Waals surface area contributed by atoms with Crippen molar-refractivity contribution in [3.05, 3.63) is 53.6 Å². The number of ether oxygens (including phenoxy) is 2. The Balaban J connectivity index is 1.82. The minimum Gasteiger partial charge on any atom is -0.454 e. The normalized spacial score (nSPS) is 12.2. The summed E-state index contributed by atoms with van der Waals surface area (Å²) in [5, 5.41) is 6.21. The van der Waals surface area contributed by atoms with E-state index in [1.807, 2.05) is 31.2 Å². The first-order valence-corrected chi connectivity index (χ1v) is 7.28. The minimum atomic E-state index is -0.203.